The van der Waals surface area contributed by atoms with Gasteiger partial charge in [-0.1, -0.05) is 158 Å². The maximum absolute atomic E-state index is 14.4. The van der Waals surface area contributed by atoms with E-state index >= 15 is 0 Å². The number of carbonyl (C=O) groups is 3. The van der Waals surface area contributed by atoms with Crippen molar-refractivity contribution in [3.05, 3.63) is 268 Å². The van der Waals surface area contributed by atoms with Crippen molar-refractivity contribution in [3.63, 3.8) is 0 Å². The van der Waals surface area contributed by atoms with Crippen LogP contribution in [-0.2, 0) is 6.42 Å². The van der Waals surface area contributed by atoms with E-state index in [-0.39, 0.29) is 17.3 Å². The van der Waals surface area contributed by atoms with Gasteiger partial charge >= 0.3 is 0 Å². The maximum Gasteiger partial charge on any atom is 0.193 e. The minimum absolute atomic E-state index is 0.104. The first kappa shape index (κ1) is 37.3. The summed E-state index contributed by atoms with van der Waals surface area (Å²) >= 11 is 0. The summed E-state index contributed by atoms with van der Waals surface area (Å²) in [5.41, 5.74) is 7.20. The van der Waals surface area contributed by atoms with E-state index in [0.717, 1.165) is 70.9 Å². The summed E-state index contributed by atoms with van der Waals surface area (Å²) in [7, 11) is 0. The van der Waals surface area contributed by atoms with Crippen LogP contribution in [0.3, 0.4) is 0 Å². The standard InChI is InChI=1S/C58H38O3/c1-37(44-22-18-40-10-2-6-14-45(40)31-44)52-27-38(28-53(35-52)56(59)49-23-19-41-11-3-7-15-46(41)32-49)26-39-29-54(57(60)50-24-20-42-12-4-8-16-47(42)33-50)36-55(30-39)58(61)51-25-21-43-13-5-9-17-48(43)34-51/h2-25,27-36H,1,26H2. The summed E-state index contributed by atoms with van der Waals surface area (Å²) < 4.78 is 0. The van der Waals surface area contributed by atoms with Gasteiger partial charge in [0.25, 0.3) is 0 Å². The molecule has 3 heteroatoms. The van der Waals surface area contributed by atoms with E-state index in [9.17, 15) is 14.4 Å². The lowest BCUT2D eigenvalue weighted by atomic mass is 9.89. The molecule has 0 fully saturated rings. The Balaban J connectivity index is 1.09. The van der Waals surface area contributed by atoms with Crippen LogP contribution >= 0.6 is 0 Å². The third-order valence-corrected chi connectivity index (χ3v) is 11.7. The zero-order valence-corrected chi connectivity index (χ0v) is 33.3. The molecule has 0 aliphatic rings. The fourth-order valence-electron chi connectivity index (χ4n) is 8.43. The van der Waals surface area contributed by atoms with Crippen molar-refractivity contribution in [1.29, 1.82) is 0 Å². The number of carbonyl (C=O) groups excluding carboxylic acids is 3. The average molecular weight is 783 g/mol. The topological polar surface area (TPSA) is 51.2 Å². The fourth-order valence-corrected chi connectivity index (χ4v) is 8.43. The molecule has 0 saturated heterocycles. The zero-order valence-electron chi connectivity index (χ0n) is 33.3. The highest BCUT2D eigenvalue weighted by molar-refractivity contribution is 6.15. The lowest BCUT2D eigenvalue weighted by molar-refractivity contribution is 0.102. The molecule has 0 atom stereocenters. The highest BCUT2D eigenvalue weighted by Crippen LogP contribution is 2.30. The lowest BCUT2D eigenvalue weighted by Crippen LogP contribution is -2.09. The minimum atomic E-state index is -0.175. The summed E-state index contributed by atoms with van der Waals surface area (Å²) in [4.78, 5) is 43.2. The van der Waals surface area contributed by atoms with Crippen LogP contribution in [-0.4, -0.2) is 17.3 Å². The number of hydrogen-bond acceptors (Lipinski definition) is 3. The van der Waals surface area contributed by atoms with Gasteiger partial charge in [0.15, 0.2) is 17.3 Å². The Morgan fingerprint density at radius 1 is 0.279 bits per heavy atom. The molecular weight excluding hydrogens is 745 g/mol. The Morgan fingerprint density at radius 2 is 0.557 bits per heavy atom. The minimum Gasteiger partial charge on any atom is -0.289 e. The molecule has 0 radical (unpaired) electrons. The van der Waals surface area contributed by atoms with Gasteiger partial charge in [-0.2, -0.15) is 0 Å². The Kier molecular flexibility index (Phi) is 9.55. The number of benzene rings is 10. The van der Waals surface area contributed by atoms with Crippen LogP contribution in [0.5, 0.6) is 0 Å². The largest absolute Gasteiger partial charge is 0.289 e. The Morgan fingerprint density at radius 3 is 0.918 bits per heavy atom. The van der Waals surface area contributed by atoms with Crippen molar-refractivity contribution in [3.8, 4) is 0 Å². The third-order valence-electron chi connectivity index (χ3n) is 11.7. The number of ketones is 3. The first-order chi connectivity index (χ1) is 29.8. The van der Waals surface area contributed by atoms with Crippen LogP contribution in [0, 0.1) is 0 Å². The average Bonchev–Trinajstić information content (AvgIpc) is 3.32. The quantitative estimate of drug-likeness (QED) is 0.130. The second kappa shape index (κ2) is 15.6. The first-order valence-corrected chi connectivity index (χ1v) is 20.4. The van der Waals surface area contributed by atoms with Gasteiger partial charge < -0.3 is 0 Å². The molecule has 10 rings (SSSR count). The molecule has 0 amide bonds. The molecule has 10 aromatic rings. The summed E-state index contributed by atoms with van der Waals surface area (Å²) in [5, 5.41) is 8.28. The molecule has 0 spiro atoms. The molecule has 0 bridgehead atoms. The molecule has 0 aliphatic heterocycles. The number of rotatable bonds is 10. The van der Waals surface area contributed by atoms with Crippen molar-refractivity contribution < 1.29 is 14.4 Å². The van der Waals surface area contributed by atoms with E-state index in [1.165, 1.54) is 0 Å². The van der Waals surface area contributed by atoms with Gasteiger partial charge in [0.2, 0.25) is 0 Å². The maximum atomic E-state index is 14.4. The van der Waals surface area contributed by atoms with Crippen molar-refractivity contribution in [2.75, 3.05) is 0 Å². The number of fused-ring (bicyclic) bond motifs is 4. The van der Waals surface area contributed by atoms with Crippen molar-refractivity contribution in [2.24, 2.45) is 0 Å². The van der Waals surface area contributed by atoms with Gasteiger partial charge in [0.1, 0.15) is 0 Å². The van der Waals surface area contributed by atoms with Crippen LogP contribution in [0.25, 0.3) is 48.7 Å². The van der Waals surface area contributed by atoms with Gasteiger partial charge in [-0.05, 0) is 132 Å². The first-order valence-electron chi connectivity index (χ1n) is 20.4. The Hall–Kier alpha value is -8.01. The van der Waals surface area contributed by atoms with Crippen molar-refractivity contribution in [1.82, 2.24) is 0 Å². The molecule has 61 heavy (non-hydrogen) atoms. The van der Waals surface area contributed by atoms with E-state index in [1.807, 2.05) is 164 Å². The predicted octanol–water partition coefficient (Wildman–Crippen LogP) is 13.6. The van der Waals surface area contributed by atoms with E-state index < -0.39 is 0 Å². The molecule has 0 saturated carbocycles. The Bertz CT molecular complexity index is 2980. The van der Waals surface area contributed by atoms with Gasteiger partial charge in [-0.15, -0.1) is 0 Å². The third kappa shape index (κ3) is 7.46. The van der Waals surface area contributed by atoms with Crippen LogP contribution in [0.2, 0.25) is 0 Å². The molecule has 0 aliphatic carbocycles. The molecule has 0 unspecified atom stereocenters. The monoisotopic (exact) mass is 782 g/mol. The Labute approximate surface area is 353 Å². The smallest absolute Gasteiger partial charge is 0.193 e. The van der Waals surface area contributed by atoms with E-state index in [4.69, 9.17) is 0 Å². The molecule has 3 nitrogen and oxygen atoms in total. The summed E-state index contributed by atoms with van der Waals surface area (Å²) in [6.07, 6.45) is 0.355. The van der Waals surface area contributed by atoms with Gasteiger partial charge in [0.05, 0.1) is 0 Å². The second-order valence-corrected chi connectivity index (χ2v) is 15.7. The van der Waals surface area contributed by atoms with E-state index in [0.29, 0.717) is 39.8 Å². The SMILES string of the molecule is C=C(c1cc(Cc2cc(C(=O)c3ccc4ccccc4c3)cc(C(=O)c3ccc4ccccc4c3)c2)cc(C(=O)c2ccc3ccccc3c2)c1)c1ccc2ccccc2c1. The highest BCUT2D eigenvalue weighted by atomic mass is 16.1. The predicted molar refractivity (Wildman–Crippen MR) is 250 cm³/mol. The molecular formula is C58H38O3. The fraction of sp³-hybridized carbons (Fsp3) is 0.0172. The normalized spacial score (nSPS) is 11.3. The van der Waals surface area contributed by atoms with E-state index in [2.05, 4.69) is 43.0 Å². The van der Waals surface area contributed by atoms with Crippen LogP contribution < -0.4 is 0 Å². The zero-order chi connectivity index (χ0) is 41.5. The van der Waals surface area contributed by atoms with Gasteiger partial charge in [0, 0.05) is 33.4 Å². The summed E-state index contributed by atoms with van der Waals surface area (Å²) in [6.45, 7) is 4.55. The van der Waals surface area contributed by atoms with Gasteiger partial charge in [-0.25, -0.2) is 0 Å². The molecule has 0 N–H and O–H groups in total. The lowest BCUT2D eigenvalue weighted by Gasteiger charge is -2.15. The number of hydrogen-bond donors (Lipinski definition) is 0. The van der Waals surface area contributed by atoms with E-state index in [1.54, 1.807) is 6.07 Å². The van der Waals surface area contributed by atoms with Crippen LogP contribution in [0.1, 0.15) is 70.0 Å². The van der Waals surface area contributed by atoms with Crippen molar-refractivity contribution >= 4 is 66.0 Å². The highest BCUT2D eigenvalue weighted by Gasteiger charge is 2.19. The van der Waals surface area contributed by atoms with Gasteiger partial charge in [-0.3, -0.25) is 14.4 Å². The second-order valence-electron chi connectivity index (χ2n) is 15.7. The molecule has 10 aromatic carbocycles. The van der Waals surface area contributed by atoms with Crippen LogP contribution in [0.4, 0.5) is 0 Å². The molecule has 0 heterocycles. The molecule has 288 valence electrons. The summed E-state index contributed by atoms with van der Waals surface area (Å²) in [5.74, 6) is -0.455. The molecule has 0 aromatic heterocycles. The summed E-state index contributed by atoms with van der Waals surface area (Å²) in [6, 6.07) is 67.0. The van der Waals surface area contributed by atoms with Crippen molar-refractivity contribution in [2.45, 2.75) is 6.42 Å². The van der Waals surface area contributed by atoms with Crippen LogP contribution in [0.15, 0.2) is 213 Å².